The molecule has 3 heteroatoms. The summed E-state index contributed by atoms with van der Waals surface area (Å²) in [5.74, 6) is 0.570. The van der Waals surface area contributed by atoms with Gasteiger partial charge < -0.3 is 5.32 Å². The van der Waals surface area contributed by atoms with Crippen molar-refractivity contribution in [3.8, 4) is 0 Å². The normalized spacial score (nSPS) is 10.3. The van der Waals surface area contributed by atoms with E-state index in [0.29, 0.717) is 5.78 Å². The molecule has 0 atom stereocenters. The molecular weight excluding hydrogens is 194 g/mol. The molecule has 0 unspecified atom stereocenters. The first-order valence-electron chi connectivity index (χ1n) is 5.31. The van der Waals surface area contributed by atoms with Crippen molar-refractivity contribution in [1.29, 1.82) is 0 Å². The third-order valence-corrected chi connectivity index (χ3v) is 2.26. The van der Waals surface area contributed by atoms with Gasteiger partial charge in [-0.1, -0.05) is 32.5 Å². The third kappa shape index (κ3) is 8.17. The van der Waals surface area contributed by atoms with E-state index in [1.54, 1.807) is 0 Å². The van der Waals surface area contributed by atoms with Crippen molar-refractivity contribution in [2.45, 2.75) is 46.5 Å². The second kappa shape index (κ2) is 7.92. The fourth-order valence-corrected chi connectivity index (χ4v) is 1.26. The SMILES string of the molecule is CC(=S)NCCCCCC(=O)C(C)C. The summed E-state index contributed by atoms with van der Waals surface area (Å²) in [4.78, 5) is 12.1. The lowest BCUT2D eigenvalue weighted by atomic mass is 10.0. The van der Waals surface area contributed by atoms with Crippen LogP contribution in [-0.2, 0) is 4.79 Å². The molecule has 0 bridgehead atoms. The number of carbonyl (C=O) groups excluding carboxylic acids is 1. The van der Waals surface area contributed by atoms with E-state index in [0.717, 1.165) is 37.2 Å². The molecule has 82 valence electrons. The lowest BCUT2D eigenvalue weighted by Gasteiger charge is -2.05. The lowest BCUT2D eigenvalue weighted by molar-refractivity contribution is -0.122. The molecule has 0 spiro atoms. The van der Waals surface area contributed by atoms with Gasteiger partial charge in [-0.25, -0.2) is 0 Å². The number of unbranched alkanes of at least 4 members (excludes halogenated alkanes) is 2. The van der Waals surface area contributed by atoms with Crippen molar-refractivity contribution in [2.24, 2.45) is 5.92 Å². The van der Waals surface area contributed by atoms with Gasteiger partial charge in [0.25, 0.3) is 0 Å². The molecule has 0 saturated carbocycles. The Hall–Kier alpha value is -0.440. The molecule has 1 N–H and O–H groups in total. The Kier molecular flexibility index (Phi) is 7.67. The molecule has 0 radical (unpaired) electrons. The van der Waals surface area contributed by atoms with Gasteiger partial charge in [0, 0.05) is 18.9 Å². The third-order valence-electron chi connectivity index (χ3n) is 2.12. The van der Waals surface area contributed by atoms with Crippen molar-refractivity contribution < 1.29 is 4.79 Å². The van der Waals surface area contributed by atoms with E-state index < -0.39 is 0 Å². The standard InChI is InChI=1S/C11H21NOS/c1-9(2)11(13)7-5-4-6-8-12-10(3)14/h9H,4-8H2,1-3H3,(H,12,14). The topological polar surface area (TPSA) is 29.1 Å². The maximum atomic E-state index is 11.2. The van der Waals surface area contributed by atoms with Gasteiger partial charge in [0.15, 0.2) is 0 Å². The van der Waals surface area contributed by atoms with Crippen molar-refractivity contribution in [2.75, 3.05) is 6.54 Å². The molecule has 0 rings (SSSR count). The van der Waals surface area contributed by atoms with E-state index in [1.807, 2.05) is 20.8 Å². The lowest BCUT2D eigenvalue weighted by Crippen LogP contribution is -2.19. The van der Waals surface area contributed by atoms with E-state index in [2.05, 4.69) is 5.32 Å². The van der Waals surface area contributed by atoms with E-state index in [9.17, 15) is 4.79 Å². The van der Waals surface area contributed by atoms with Gasteiger partial charge in [-0.3, -0.25) is 4.79 Å². The van der Waals surface area contributed by atoms with Crippen LogP contribution in [-0.4, -0.2) is 17.3 Å². The number of nitrogens with one attached hydrogen (secondary N) is 1. The highest BCUT2D eigenvalue weighted by Gasteiger charge is 2.05. The highest BCUT2D eigenvalue weighted by molar-refractivity contribution is 7.80. The minimum absolute atomic E-state index is 0.191. The summed E-state index contributed by atoms with van der Waals surface area (Å²) in [6, 6.07) is 0. The molecular formula is C11H21NOS. The van der Waals surface area contributed by atoms with E-state index in [1.165, 1.54) is 0 Å². The van der Waals surface area contributed by atoms with Crippen LogP contribution in [0.2, 0.25) is 0 Å². The van der Waals surface area contributed by atoms with Crippen LogP contribution in [0.4, 0.5) is 0 Å². The average Bonchev–Trinajstić information content (AvgIpc) is 2.09. The fraction of sp³-hybridized carbons (Fsp3) is 0.818. The molecule has 0 aromatic carbocycles. The number of hydrogen-bond donors (Lipinski definition) is 1. The second-order valence-corrected chi connectivity index (χ2v) is 4.53. The molecule has 0 saturated heterocycles. The molecule has 0 aromatic heterocycles. The number of ketones is 1. The van der Waals surface area contributed by atoms with Crippen LogP contribution in [0.5, 0.6) is 0 Å². The highest BCUT2D eigenvalue weighted by atomic mass is 32.1. The number of Topliss-reactive ketones (excluding diaryl/α,β-unsaturated/α-hetero) is 1. The van der Waals surface area contributed by atoms with Crippen LogP contribution in [0, 0.1) is 5.92 Å². The second-order valence-electron chi connectivity index (χ2n) is 3.91. The maximum Gasteiger partial charge on any atom is 0.135 e. The van der Waals surface area contributed by atoms with Gasteiger partial charge in [-0.2, -0.15) is 0 Å². The summed E-state index contributed by atoms with van der Waals surface area (Å²) in [5, 5.41) is 3.10. The largest absolute Gasteiger partial charge is 0.380 e. The monoisotopic (exact) mass is 215 g/mol. The molecule has 0 amide bonds. The molecule has 0 aliphatic rings. The van der Waals surface area contributed by atoms with Gasteiger partial charge >= 0.3 is 0 Å². The fourth-order valence-electron chi connectivity index (χ4n) is 1.15. The van der Waals surface area contributed by atoms with Gasteiger partial charge in [0.05, 0.1) is 4.99 Å². The molecule has 2 nitrogen and oxygen atoms in total. The Morgan fingerprint density at radius 2 is 1.93 bits per heavy atom. The van der Waals surface area contributed by atoms with Crippen molar-refractivity contribution >= 4 is 23.0 Å². The number of hydrogen-bond acceptors (Lipinski definition) is 2. The Bertz CT molecular complexity index is 190. The Labute approximate surface area is 92.5 Å². The van der Waals surface area contributed by atoms with Crippen molar-refractivity contribution in [3.63, 3.8) is 0 Å². The van der Waals surface area contributed by atoms with Gasteiger partial charge in [-0.15, -0.1) is 0 Å². The number of rotatable bonds is 7. The number of thiocarbonyl (C=S) groups is 1. The quantitative estimate of drug-likeness (QED) is 0.523. The highest BCUT2D eigenvalue weighted by Crippen LogP contribution is 2.05. The molecule has 0 heterocycles. The predicted octanol–water partition coefficient (Wildman–Crippen LogP) is 2.71. The van der Waals surface area contributed by atoms with Crippen molar-refractivity contribution in [3.05, 3.63) is 0 Å². The van der Waals surface area contributed by atoms with E-state index in [-0.39, 0.29) is 5.92 Å². The first-order valence-corrected chi connectivity index (χ1v) is 5.72. The summed E-state index contributed by atoms with van der Waals surface area (Å²) in [6.07, 6.45) is 3.94. The van der Waals surface area contributed by atoms with Crippen LogP contribution in [0.15, 0.2) is 0 Å². The zero-order valence-electron chi connectivity index (χ0n) is 9.43. The Balaban J connectivity index is 3.22. The first kappa shape index (κ1) is 13.6. The van der Waals surface area contributed by atoms with Gasteiger partial charge in [0.1, 0.15) is 5.78 Å². The Morgan fingerprint density at radius 3 is 2.43 bits per heavy atom. The zero-order chi connectivity index (χ0) is 11.0. The zero-order valence-corrected chi connectivity index (χ0v) is 10.2. The summed E-state index contributed by atoms with van der Waals surface area (Å²) in [6.45, 7) is 6.74. The van der Waals surface area contributed by atoms with Crippen LogP contribution in [0.3, 0.4) is 0 Å². The van der Waals surface area contributed by atoms with E-state index in [4.69, 9.17) is 12.2 Å². The van der Waals surface area contributed by atoms with Gasteiger partial charge in [-0.05, 0) is 19.8 Å². The van der Waals surface area contributed by atoms with Crippen LogP contribution in [0.25, 0.3) is 0 Å². The van der Waals surface area contributed by atoms with Crippen LogP contribution >= 0.6 is 12.2 Å². The molecule has 0 aromatic rings. The average molecular weight is 215 g/mol. The minimum atomic E-state index is 0.191. The molecule has 0 fully saturated rings. The first-order chi connectivity index (χ1) is 6.54. The molecule has 0 aliphatic carbocycles. The van der Waals surface area contributed by atoms with Crippen LogP contribution < -0.4 is 5.32 Å². The van der Waals surface area contributed by atoms with Gasteiger partial charge in [0.2, 0.25) is 0 Å². The maximum absolute atomic E-state index is 11.2. The summed E-state index contributed by atoms with van der Waals surface area (Å²) < 4.78 is 0. The summed E-state index contributed by atoms with van der Waals surface area (Å²) in [5.41, 5.74) is 0. The Morgan fingerprint density at radius 1 is 1.29 bits per heavy atom. The summed E-state index contributed by atoms with van der Waals surface area (Å²) >= 11 is 4.88. The van der Waals surface area contributed by atoms with Crippen LogP contribution in [0.1, 0.15) is 46.5 Å². The minimum Gasteiger partial charge on any atom is -0.380 e. The number of carbonyl (C=O) groups is 1. The van der Waals surface area contributed by atoms with E-state index >= 15 is 0 Å². The smallest absolute Gasteiger partial charge is 0.135 e. The molecule has 0 aliphatic heterocycles. The van der Waals surface area contributed by atoms with Crippen molar-refractivity contribution in [1.82, 2.24) is 5.32 Å². The predicted molar refractivity (Wildman–Crippen MR) is 64.6 cm³/mol. The molecule has 14 heavy (non-hydrogen) atoms. The summed E-state index contributed by atoms with van der Waals surface area (Å²) in [7, 11) is 0.